The largest absolute Gasteiger partial charge is 0.495 e. The molecular weight excluding hydrogens is 666 g/mol. The average Bonchev–Trinajstić information content (AvgIpc) is 3.06. The fourth-order valence-corrected chi connectivity index (χ4v) is 6.71. The molecule has 1 N–H and O–H groups in total. The zero-order valence-corrected chi connectivity index (χ0v) is 28.9. The fraction of sp³-hybridized carbons (Fsp3) is 0.278. The van der Waals surface area contributed by atoms with E-state index in [1.165, 1.54) is 24.1 Å². The van der Waals surface area contributed by atoms with E-state index in [4.69, 9.17) is 4.74 Å². The molecule has 4 aromatic carbocycles. The van der Waals surface area contributed by atoms with Crippen LogP contribution in [-0.2, 0) is 32.6 Å². The number of nitrogens with one attached hydrogen (secondary N) is 1. The van der Waals surface area contributed by atoms with Crippen LogP contribution in [0.25, 0.3) is 0 Å². The molecule has 8 nitrogen and oxygen atoms in total. The summed E-state index contributed by atoms with van der Waals surface area (Å²) in [5, 5.41) is 3.05. The summed E-state index contributed by atoms with van der Waals surface area (Å²) in [6.45, 7) is 5.25. The molecule has 2 atom stereocenters. The molecule has 0 unspecified atom stereocenters. The van der Waals surface area contributed by atoms with Crippen LogP contribution >= 0.6 is 15.9 Å². The molecule has 0 radical (unpaired) electrons. The van der Waals surface area contributed by atoms with E-state index in [1.54, 1.807) is 30.3 Å². The highest BCUT2D eigenvalue weighted by Gasteiger charge is 2.35. The maximum Gasteiger partial charge on any atom is 0.264 e. The van der Waals surface area contributed by atoms with Gasteiger partial charge < -0.3 is 15.0 Å². The minimum absolute atomic E-state index is 0.0289. The average molecular weight is 707 g/mol. The van der Waals surface area contributed by atoms with E-state index in [0.29, 0.717) is 12.2 Å². The highest BCUT2D eigenvalue weighted by atomic mass is 79.9. The van der Waals surface area contributed by atoms with Gasteiger partial charge in [0.2, 0.25) is 11.8 Å². The molecule has 0 aliphatic heterocycles. The normalized spacial score (nSPS) is 12.5. The number of rotatable bonds is 14. The molecule has 4 aromatic rings. The summed E-state index contributed by atoms with van der Waals surface area (Å²) in [4.78, 5) is 30.1. The maximum absolute atomic E-state index is 14.6. The van der Waals surface area contributed by atoms with Gasteiger partial charge in [-0.1, -0.05) is 89.6 Å². The number of carbonyl (C=O) groups excluding carboxylic acids is 2. The van der Waals surface area contributed by atoms with Crippen LogP contribution in [0, 0.1) is 6.92 Å². The molecule has 4 rings (SSSR count). The molecular formula is C36H40BrN3O5S. The Bertz CT molecular complexity index is 1720. The summed E-state index contributed by atoms with van der Waals surface area (Å²) in [7, 11) is -2.78. The monoisotopic (exact) mass is 705 g/mol. The fourth-order valence-electron chi connectivity index (χ4n) is 5.01. The van der Waals surface area contributed by atoms with E-state index in [9.17, 15) is 18.0 Å². The van der Waals surface area contributed by atoms with Crippen molar-refractivity contribution < 1.29 is 22.7 Å². The molecule has 242 valence electrons. The Labute approximate surface area is 280 Å². The zero-order valence-electron chi connectivity index (χ0n) is 26.5. The number of amides is 2. The summed E-state index contributed by atoms with van der Waals surface area (Å²) in [6.07, 6.45) is 0.950. The first kappa shape index (κ1) is 34.7. The van der Waals surface area contributed by atoms with Crippen molar-refractivity contribution in [1.82, 2.24) is 10.2 Å². The Balaban J connectivity index is 1.84. The highest BCUT2D eigenvalue weighted by molar-refractivity contribution is 9.10. The first-order chi connectivity index (χ1) is 22.0. The van der Waals surface area contributed by atoms with Crippen LogP contribution in [0.2, 0.25) is 0 Å². The molecule has 46 heavy (non-hydrogen) atoms. The van der Waals surface area contributed by atoms with Crippen LogP contribution < -0.4 is 14.4 Å². The number of benzene rings is 4. The summed E-state index contributed by atoms with van der Waals surface area (Å²) in [6, 6.07) is 29.1. The first-order valence-electron chi connectivity index (χ1n) is 15.1. The van der Waals surface area contributed by atoms with Gasteiger partial charge >= 0.3 is 0 Å². The number of sulfonamides is 1. The van der Waals surface area contributed by atoms with Crippen LogP contribution in [0.3, 0.4) is 0 Å². The van der Waals surface area contributed by atoms with E-state index in [1.807, 2.05) is 81.4 Å². The number of aryl methyl sites for hydroxylation is 1. The Hall–Kier alpha value is -4.15. The lowest BCUT2D eigenvalue weighted by atomic mass is 10.0. The lowest BCUT2D eigenvalue weighted by Gasteiger charge is -2.34. The molecule has 0 fully saturated rings. The second-order valence-corrected chi connectivity index (χ2v) is 13.9. The SMILES string of the molecule is CC[C@H](C)NC(=O)[C@@H](Cc1ccccc1)N(Cc1ccc(Br)cc1)C(=O)CN(c1cc(C)ccc1OC)S(=O)(=O)c1ccccc1. The van der Waals surface area contributed by atoms with Crippen molar-refractivity contribution in [2.75, 3.05) is 18.0 Å². The van der Waals surface area contributed by atoms with Gasteiger partial charge in [0.1, 0.15) is 18.3 Å². The molecule has 0 spiro atoms. The first-order valence-corrected chi connectivity index (χ1v) is 17.4. The molecule has 2 amide bonds. The van der Waals surface area contributed by atoms with Gasteiger partial charge in [-0.05, 0) is 73.4 Å². The highest BCUT2D eigenvalue weighted by Crippen LogP contribution is 2.34. The van der Waals surface area contributed by atoms with Gasteiger partial charge in [0.15, 0.2) is 0 Å². The molecule has 0 aromatic heterocycles. The van der Waals surface area contributed by atoms with E-state index in [2.05, 4.69) is 21.2 Å². The Kier molecular flexibility index (Phi) is 12.0. The summed E-state index contributed by atoms with van der Waals surface area (Å²) < 4.78 is 36.1. The topological polar surface area (TPSA) is 96.0 Å². The summed E-state index contributed by atoms with van der Waals surface area (Å²) in [5.41, 5.74) is 2.68. The minimum Gasteiger partial charge on any atom is -0.495 e. The van der Waals surface area contributed by atoms with E-state index in [0.717, 1.165) is 25.5 Å². The molecule has 0 saturated carbocycles. The molecule has 0 aliphatic carbocycles. The summed E-state index contributed by atoms with van der Waals surface area (Å²) in [5.74, 6) is -0.548. The number of hydrogen-bond acceptors (Lipinski definition) is 5. The Morgan fingerprint density at radius 3 is 2.13 bits per heavy atom. The number of hydrogen-bond donors (Lipinski definition) is 1. The van der Waals surface area contributed by atoms with Crippen LogP contribution in [0.1, 0.15) is 37.0 Å². The Morgan fingerprint density at radius 1 is 0.891 bits per heavy atom. The number of halogens is 1. The minimum atomic E-state index is -4.24. The predicted octanol–water partition coefficient (Wildman–Crippen LogP) is 6.52. The van der Waals surface area contributed by atoms with E-state index >= 15 is 0 Å². The van der Waals surface area contributed by atoms with Crippen molar-refractivity contribution >= 4 is 43.5 Å². The lowest BCUT2D eigenvalue weighted by Crippen LogP contribution is -2.54. The van der Waals surface area contributed by atoms with Crippen molar-refractivity contribution in [3.05, 3.63) is 124 Å². The zero-order chi connectivity index (χ0) is 33.3. The number of nitrogens with zero attached hydrogens (tertiary/aromatic N) is 2. The number of methoxy groups -OCH3 is 1. The second-order valence-electron chi connectivity index (χ2n) is 11.2. The van der Waals surface area contributed by atoms with Crippen LogP contribution in [-0.4, -0.2) is 50.9 Å². The van der Waals surface area contributed by atoms with Crippen LogP contribution in [0.4, 0.5) is 5.69 Å². The van der Waals surface area contributed by atoms with Crippen LogP contribution in [0.5, 0.6) is 5.75 Å². The number of carbonyl (C=O) groups is 2. The van der Waals surface area contributed by atoms with Gasteiger partial charge in [-0.25, -0.2) is 8.42 Å². The van der Waals surface area contributed by atoms with Crippen molar-refractivity contribution in [2.45, 2.75) is 57.1 Å². The lowest BCUT2D eigenvalue weighted by molar-refractivity contribution is -0.140. The van der Waals surface area contributed by atoms with Gasteiger partial charge in [-0.3, -0.25) is 13.9 Å². The third-order valence-corrected chi connectivity index (χ3v) is 10.1. The van der Waals surface area contributed by atoms with Crippen LogP contribution in [0.15, 0.2) is 112 Å². The van der Waals surface area contributed by atoms with Crippen molar-refractivity contribution in [3.8, 4) is 5.75 Å². The maximum atomic E-state index is 14.6. The van der Waals surface area contributed by atoms with Crippen molar-refractivity contribution in [3.63, 3.8) is 0 Å². The molecule has 0 saturated heterocycles. The molecule has 10 heteroatoms. The standard InChI is InChI=1S/C36H40BrN3O5S/c1-5-27(3)38-36(42)33(23-28-12-8-6-9-13-28)39(24-29-17-19-30(37)20-18-29)35(41)25-40(32-22-26(2)16-21-34(32)45-4)46(43,44)31-14-10-7-11-15-31/h6-22,27,33H,5,23-25H2,1-4H3,(H,38,42)/t27-,33+/m0/s1. The smallest absolute Gasteiger partial charge is 0.264 e. The van der Waals surface area contributed by atoms with Gasteiger partial charge in [0, 0.05) is 23.5 Å². The molecule has 0 bridgehead atoms. The second kappa shape index (κ2) is 15.9. The number of anilines is 1. The third-order valence-electron chi connectivity index (χ3n) is 7.75. The van der Waals surface area contributed by atoms with Gasteiger partial charge in [0.05, 0.1) is 17.7 Å². The molecule has 0 aliphatic rings. The number of ether oxygens (including phenoxy) is 1. The quantitative estimate of drug-likeness (QED) is 0.161. The van der Waals surface area contributed by atoms with Gasteiger partial charge in [0.25, 0.3) is 10.0 Å². The third kappa shape index (κ3) is 8.76. The Morgan fingerprint density at radius 2 is 1.52 bits per heavy atom. The van der Waals surface area contributed by atoms with Crippen molar-refractivity contribution in [1.29, 1.82) is 0 Å². The van der Waals surface area contributed by atoms with E-state index < -0.39 is 28.5 Å². The van der Waals surface area contributed by atoms with Crippen molar-refractivity contribution in [2.24, 2.45) is 0 Å². The predicted molar refractivity (Wildman–Crippen MR) is 185 cm³/mol. The van der Waals surface area contributed by atoms with E-state index in [-0.39, 0.29) is 35.5 Å². The molecule has 0 heterocycles. The van der Waals surface area contributed by atoms with Gasteiger partial charge in [-0.15, -0.1) is 0 Å². The summed E-state index contributed by atoms with van der Waals surface area (Å²) >= 11 is 3.46. The van der Waals surface area contributed by atoms with Gasteiger partial charge in [-0.2, -0.15) is 0 Å².